The Labute approximate surface area is 116 Å². The molecule has 0 aromatic heterocycles. The van der Waals surface area contributed by atoms with Gasteiger partial charge in [-0.15, -0.1) is 0 Å². The number of esters is 2. The van der Waals surface area contributed by atoms with Gasteiger partial charge in [-0.2, -0.15) is 0 Å². The molecule has 7 nitrogen and oxygen atoms in total. The van der Waals surface area contributed by atoms with Crippen molar-refractivity contribution < 1.29 is 28.6 Å². The Hall–Kier alpha value is -1.63. The molecule has 0 radical (unpaired) electrons. The molecule has 0 aromatic rings. The number of cyclic esters (lactones) is 2. The van der Waals surface area contributed by atoms with Crippen molar-refractivity contribution in [1.82, 2.24) is 5.32 Å². The van der Waals surface area contributed by atoms with Crippen LogP contribution in [0.25, 0.3) is 0 Å². The van der Waals surface area contributed by atoms with E-state index in [1.54, 1.807) is 20.8 Å². The van der Waals surface area contributed by atoms with Gasteiger partial charge in [-0.05, 0) is 27.2 Å². The maximum atomic E-state index is 11.9. The third-order valence-electron chi connectivity index (χ3n) is 3.34. The van der Waals surface area contributed by atoms with Crippen LogP contribution in [-0.4, -0.2) is 42.4 Å². The molecule has 2 aliphatic heterocycles. The Bertz CT molecular complexity index is 433. The molecule has 2 fully saturated rings. The van der Waals surface area contributed by atoms with Crippen LogP contribution in [0.15, 0.2) is 0 Å². The SMILES string of the molecule is CC(C)(C)OC(=O)NC1(C2CC(=O)OC2=O)CCOC1. The molecule has 1 amide bonds. The van der Waals surface area contributed by atoms with Gasteiger partial charge < -0.3 is 19.5 Å². The molecule has 20 heavy (non-hydrogen) atoms. The molecule has 2 heterocycles. The monoisotopic (exact) mass is 285 g/mol. The molecule has 7 heteroatoms. The number of nitrogens with one attached hydrogen (secondary N) is 1. The Balaban J connectivity index is 2.12. The number of carbonyl (C=O) groups excluding carboxylic acids is 3. The summed E-state index contributed by atoms with van der Waals surface area (Å²) in [5.41, 5.74) is -1.57. The Morgan fingerprint density at radius 2 is 2.10 bits per heavy atom. The van der Waals surface area contributed by atoms with Gasteiger partial charge in [0.25, 0.3) is 0 Å². The lowest BCUT2D eigenvalue weighted by atomic mass is 9.82. The first-order chi connectivity index (χ1) is 9.22. The number of ether oxygens (including phenoxy) is 3. The summed E-state index contributed by atoms with van der Waals surface area (Å²) in [6.45, 7) is 5.82. The minimum absolute atomic E-state index is 0.0437. The molecular weight excluding hydrogens is 266 g/mol. The summed E-state index contributed by atoms with van der Waals surface area (Å²) in [4.78, 5) is 34.9. The largest absolute Gasteiger partial charge is 0.444 e. The van der Waals surface area contributed by atoms with Gasteiger partial charge in [0.15, 0.2) is 0 Å². The fourth-order valence-corrected chi connectivity index (χ4v) is 2.44. The summed E-state index contributed by atoms with van der Waals surface area (Å²) in [5, 5.41) is 2.70. The van der Waals surface area contributed by atoms with Gasteiger partial charge in [0.2, 0.25) is 0 Å². The van der Waals surface area contributed by atoms with Gasteiger partial charge in [0.05, 0.1) is 24.5 Å². The van der Waals surface area contributed by atoms with Crippen molar-refractivity contribution in [2.45, 2.75) is 44.8 Å². The first-order valence-electron chi connectivity index (χ1n) is 6.55. The molecule has 2 atom stereocenters. The standard InChI is InChI=1S/C13H19NO6/c1-12(2,3)20-11(17)14-13(4-5-18-7-13)8-6-9(15)19-10(8)16/h8H,4-7H2,1-3H3,(H,14,17). The average molecular weight is 285 g/mol. The lowest BCUT2D eigenvalue weighted by molar-refractivity contribution is -0.153. The van der Waals surface area contributed by atoms with Crippen LogP contribution in [0.2, 0.25) is 0 Å². The molecule has 1 N–H and O–H groups in total. The van der Waals surface area contributed by atoms with Crippen LogP contribution < -0.4 is 5.32 Å². The molecule has 0 saturated carbocycles. The fraction of sp³-hybridized carbons (Fsp3) is 0.769. The molecule has 2 aliphatic rings. The van der Waals surface area contributed by atoms with E-state index in [1.165, 1.54) is 0 Å². The van der Waals surface area contributed by atoms with Gasteiger partial charge in [-0.25, -0.2) is 4.79 Å². The second-order valence-electron chi connectivity index (χ2n) is 6.14. The highest BCUT2D eigenvalue weighted by atomic mass is 16.6. The summed E-state index contributed by atoms with van der Waals surface area (Å²) in [6, 6.07) is 0. The zero-order valence-electron chi connectivity index (χ0n) is 11.9. The van der Waals surface area contributed by atoms with E-state index in [0.29, 0.717) is 13.0 Å². The van der Waals surface area contributed by atoms with E-state index in [2.05, 4.69) is 10.1 Å². The third-order valence-corrected chi connectivity index (χ3v) is 3.34. The highest BCUT2D eigenvalue weighted by Crippen LogP contribution is 2.34. The second-order valence-corrected chi connectivity index (χ2v) is 6.14. The molecule has 0 aliphatic carbocycles. The maximum Gasteiger partial charge on any atom is 0.408 e. The Morgan fingerprint density at radius 3 is 2.55 bits per heavy atom. The molecule has 112 valence electrons. The number of amides is 1. The van der Waals surface area contributed by atoms with Crippen LogP contribution in [0.5, 0.6) is 0 Å². The zero-order valence-corrected chi connectivity index (χ0v) is 11.9. The van der Waals surface area contributed by atoms with E-state index >= 15 is 0 Å². The summed E-state index contributed by atoms with van der Waals surface area (Å²) in [6.07, 6.45) is -0.229. The normalized spacial score (nSPS) is 30.2. The number of carbonyl (C=O) groups is 3. The highest BCUT2D eigenvalue weighted by molar-refractivity contribution is 5.95. The molecule has 2 saturated heterocycles. The third kappa shape index (κ3) is 3.09. The first kappa shape index (κ1) is 14.8. The van der Waals surface area contributed by atoms with Gasteiger partial charge in [0, 0.05) is 6.61 Å². The second kappa shape index (κ2) is 5.05. The van der Waals surface area contributed by atoms with Crippen molar-refractivity contribution in [2.75, 3.05) is 13.2 Å². The predicted octanol–water partition coefficient (Wildman–Crippen LogP) is 0.760. The van der Waals surface area contributed by atoms with Gasteiger partial charge in [-0.3, -0.25) is 9.59 Å². The van der Waals surface area contributed by atoms with Crippen molar-refractivity contribution >= 4 is 18.0 Å². The molecular formula is C13H19NO6. The smallest absolute Gasteiger partial charge is 0.408 e. The molecule has 0 bridgehead atoms. The minimum Gasteiger partial charge on any atom is -0.444 e. The van der Waals surface area contributed by atoms with Crippen LogP contribution in [0.4, 0.5) is 4.79 Å². The highest BCUT2D eigenvalue weighted by Gasteiger charge is 2.53. The van der Waals surface area contributed by atoms with Crippen LogP contribution in [-0.2, 0) is 23.8 Å². The van der Waals surface area contributed by atoms with Gasteiger partial charge >= 0.3 is 18.0 Å². The first-order valence-corrected chi connectivity index (χ1v) is 6.55. The number of hydrogen-bond donors (Lipinski definition) is 1. The van der Waals surface area contributed by atoms with E-state index in [1.807, 2.05) is 0 Å². The van der Waals surface area contributed by atoms with Gasteiger partial charge in [-0.1, -0.05) is 0 Å². The predicted molar refractivity (Wildman–Crippen MR) is 66.7 cm³/mol. The van der Waals surface area contributed by atoms with Crippen LogP contribution in [0.3, 0.4) is 0 Å². The van der Waals surface area contributed by atoms with E-state index in [9.17, 15) is 14.4 Å². The number of rotatable bonds is 2. The average Bonchev–Trinajstić information content (AvgIpc) is 2.83. The van der Waals surface area contributed by atoms with E-state index in [-0.39, 0.29) is 13.0 Å². The topological polar surface area (TPSA) is 90.9 Å². The Morgan fingerprint density at radius 1 is 1.40 bits per heavy atom. The van der Waals surface area contributed by atoms with Crippen molar-refractivity contribution in [3.63, 3.8) is 0 Å². The summed E-state index contributed by atoms with van der Waals surface area (Å²) < 4.78 is 15.1. The minimum atomic E-state index is -0.925. The van der Waals surface area contributed by atoms with E-state index < -0.39 is 35.1 Å². The molecule has 0 spiro atoms. The Kier molecular flexibility index (Phi) is 3.73. The van der Waals surface area contributed by atoms with Crippen LogP contribution >= 0.6 is 0 Å². The summed E-state index contributed by atoms with van der Waals surface area (Å²) >= 11 is 0. The quantitative estimate of drug-likeness (QED) is 0.595. The molecule has 0 aromatic carbocycles. The molecule has 2 unspecified atom stereocenters. The van der Waals surface area contributed by atoms with Crippen molar-refractivity contribution in [3.05, 3.63) is 0 Å². The van der Waals surface area contributed by atoms with Crippen molar-refractivity contribution in [1.29, 1.82) is 0 Å². The van der Waals surface area contributed by atoms with Crippen LogP contribution in [0, 0.1) is 5.92 Å². The number of hydrogen-bond acceptors (Lipinski definition) is 6. The van der Waals surface area contributed by atoms with E-state index in [0.717, 1.165) is 0 Å². The fourth-order valence-electron chi connectivity index (χ4n) is 2.44. The molecule has 2 rings (SSSR count). The zero-order chi connectivity index (χ0) is 15.0. The maximum absolute atomic E-state index is 11.9. The van der Waals surface area contributed by atoms with Gasteiger partial charge in [0.1, 0.15) is 5.60 Å². The lowest BCUT2D eigenvalue weighted by Gasteiger charge is -2.33. The van der Waals surface area contributed by atoms with Crippen molar-refractivity contribution in [3.8, 4) is 0 Å². The van der Waals surface area contributed by atoms with E-state index in [4.69, 9.17) is 9.47 Å². The lowest BCUT2D eigenvalue weighted by Crippen LogP contribution is -2.56. The summed E-state index contributed by atoms with van der Waals surface area (Å²) in [5.74, 6) is -1.90. The van der Waals surface area contributed by atoms with Crippen LogP contribution in [0.1, 0.15) is 33.6 Å². The summed E-state index contributed by atoms with van der Waals surface area (Å²) in [7, 11) is 0. The van der Waals surface area contributed by atoms with Crippen molar-refractivity contribution in [2.24, 2.45) is 5.92 Å². The number of alkyl carbamates (subject to hydrolysis) is 1.